The van der Waals surface area contributed by atoms with Crippen molar-refractivity contribution >= 4 is 11.8 Å². The number of nitrogens with one attached hydrogen (secondary N) is 1. The average Bonchev–Trinajstić information content (AvgIpc) is 3.38. The van der Waals surface area contributed by atoms with Crippen LogP contribution < -0.4 is 5.32 Å². The highest BCUT2D eigenvalue weighted by Gasteiger charge is 2.57. The van der Waals surface area contributed by atoms with E-state index in [1.165, 1.54) is 5.56 Å². The SMILES string of the molecule is CC(C)CNC(=O)C1CN(Cc2ccccc2)CC12CN(C(=O)CCn1cccn1)C2. The van der Waals surface area contributed by atoms with Gasteiger partial charge in [-0.05, 0) is 17.5 Å². The van der Waals surface area contributed by atoms with E-state index in [0.717, 1.165) is 19.6 Å². The van der Waals surface area contributed by atoms with Gasteiger partial charge in [-0.1, -0.05) is 44.2 Å². The van der Waals surface area contributed by atoms with Crippen molar-refractivity contribution < 1.29 is 9.59 Å². The molecule has 4 rings (SSSR count). The lowest BCUT2D eigenvalue weighted by molar-refractivity contribution is -0.150. The maximum Gasteiger partial charge on any atom is 0.225 e. The molecule has 1 aromatic heterocycles. The van der Waals surface area contributed by atoms with Crippen LogP contribution in [0, 0.1) is 17.3 Å². The van der Waals surface area contributed by atoms with Crippen molar-refractivity contribution in [1.82, 2.24) is 24.9 Å². The summed E-state index contributed by atoms with van der Waals surface area (Å²) < 4.78 is 1.78. The normalized spacial score (nSPS) is 20.2. The molecule has 1 spiro atoms. The van der Waals surface area contributed by atoms with E-state index in [-0.39, 0.29) is 23.1 Å². The standard InChI is InChI=1S/C24H33N5O2/c1-19(2)13-25-23(31)21-15-27(14-20-7-4-3-5-8-20)16-24(21)17-28(18-24)22(30)9-12-29-11-6-10-26-29/h3-8,10-11,19,21H,9,12-18H2,1-2H3,(H,25,31). The number of nitrogens with zero attached hydrogens (tertiary/aromatic N) is 4. The molecule has 2 aliphatic heterocycles. The summed E-state index contributed by atoms with van der Waals surface area (Å²) in [7, 11) is 0. The van der Waals surface area contributed by atoms with Gasteiger partial charge in [0.05, 0.1) is 5.92 Å². The van der Waals surface area contributed by atoms with Crippen LogP contribution >= 0.6 is 0 Å². The lowest BCUT2D eigenvalue weighted by Gasteiger charge is -2.50. The Balaban J connectivity index is 1.39. The Bertz CT molecular complexity index is 875. The van der Waals surface area contributed by atoms with Gasteiger partial charge in [-0.15, -0.1) is 0 Å². The number of rotatable bonds is 8. The van der Waals surface area contributed by atoms with E-state index in [1.54, 1.807) is 10.9 Å². The number of benzene rings is 1. The third-order valence-corrected chi connectivity index (χ3v) is 6.45. The van der Waals surface area contributed by atoms with E-state index in [1.807, 2.05) is 23.2 Å². The molecule has 7 heteroatoms. The van der Waals surface area contributed by atoms with Crippen molar-refractivity contribution in [3.63, 3.8) is 0 Å². The molecule has 31 heavy (non-hydrogen) atoms. The number of carbonyl (C=O) groups is 2. The van der Waals surface area contributed by atoms with E-state index < -0.39 is 0 Å². The van der Waals surface area contributed by atoms with Gasteiger partial charge in [0.25, 0.3) is 0 Å². The fourth-order valence-corrected chi connectivity index (χ4v) is 4.83. The average molecular weight is 424 g/mol. The second kappa shape index (κ2) is 9.22. The highest BCUT2D eigenvalue weighted by atomic mass is 16.2. The second-order valence-electron chi connectivity index (χ2n) is 9.48. The van der Waals surface area contributed by atoms with E-state index in [9.17, 15) is 9.59 Å². The van der Waals surface area contributed by atoms with Gasteiger partial charge >= 0.3 is 0 Å². The van der Waals surface area contributed by atoms with E-state index in [0.29, 0.717) is 38.5 Å². The van der Waals surface area contributed by atoms with Gasteiger partial charge in [-0.2, -0.15) is 5.10 Å². The third-order valence-electron chi connectivity index (χ3n) is 6.45. The van der Waals surface area contributed by atoms with Crippen LogP contribution in [0.5, 0.6) is 0 Å². The van der Waals surface area contributed by atoms with Crippen LogP contribution in [-0.4, -0.2) is 64.1 Å². The number of hydrogen-bond acceptors (Lipinski definition) is 4. The smallest absolute Gasteiger partial charge is 0.225 e. The Labute approximate surface area is 184 Å². The molecule has 1 atom stereocenters. The molecule has 3 heterocycles. The highest BCUT2D eigenvalue weighted by Crippen LogP contribution is 2.44. The van der Waals surface area contributed by atoms with Gasteiger partial charge in [0.15, 0.2) is 0 Å². The molecule has 0 bridgehead atoms. The molecule has 0 saturated carbocycles. The zero-order valence-electron chi connectivity index (χ0n) is 18.5. The summed E-state index contributed by atoms with van der Waals surface area (Å²) in [5.74, 6) is 0.616. The molecule has 2 aliphatic rings. The van der Waals surface area contributed by atoms with Gasteiger partial charge in [0.1, 0.15) is 0 Å². The Kier molecular flexibility index (Phi) is 6.41. The van der Waals surface area contributed by atoms with Gasteiger partial charge in [0.2, 0.25) is 11.8 Å². The molecule has 2 saturated heterocycles. The Morgan fingerprint density at radius 3 is 2.61 bits per heavy atom. The molecule has 2 fully saturated rings. The maximum absolute atomic E-state index is 13.1. The van der Waals surface area contributed by atoms with Crippen LogP contribution in [0.25, 0.3) is 0 Å². The summed E-state index contributed by atoms with van der Waals surface area (Å²) in [4.78, 5) is 30.0. The Morgan fingerprint density at radius 2 is 1.94 bits per heavy atom. The molecule has 1 N–H and O–H groups in total. The molecule has 166 valence electrons. The van der Waals surface area contributed by atoms with E-state index in [4.69, 9.17) is 0 Å². The van der Waals surface area contributed by atoms with Crippen LogP contribution in [0.15, 0.2) is 48.8 Å². The number of hydrogen-bond donors (Lipinski definition) is 1. The minimum absolute atomic E-state index is 0.0786. The van der Waals surface area contributed by atoms with Crippen LogP contribution in [0.2, 0.25) is 0 Å². The largest absolute Gasteiger partial charge is 0.356 e. The van der Waals surface area contributed by atoms with E-state index in [2.05, 4.69) is 53.4 Å². The first kappa shape index (κ1) is 21.6. The van der Waals surface area contributed by atoms with Gasteiger partial charge in [-0.25, -0.2) is 0 Å². The van der Waals surface area contributed by atoms with Crippen molar-refractivity contribution in [3.8, 4) is 0 Å². The summed E-state index contributed by atoms with van der Waals surface area (Å²) in [6.07, 6.45) is 4.04. The van der Waals surface area contributed by atoms with Crippen molar-refractivity contribution in [2.45, 2.75) is 33.4 Å². The minimum Gasteiger partial charge on any atom is -0.356 e. The Hall–Kier alpha value is -2.67. The van der Waals surface area contributed by atoms with Gasteiger partial charge < -0.3 is 10.2 Å². The summed E-state index contributed by atoms with van der Waals surface area (Å²) in [6, 6.07) is 12.3. The summed E-state index contributed by atoms with van der Waals surface area (Å²) >= 11 is 0. The fourth-order valence-electron chi connectivity index (χ4n) is 4.83. The van der Waals surface area contributed by atoms with Gasteiger partial charge in [0, 0.05) is 70.0 Å². The maximum atomic E-state index is 13.1. The first-order chi connectivity index (χ1) is 14.9. The summed E-state index contributed by atoms with van der Waals surface area (Å²) in [5.41, 5.74) is 1.12. The summed E-state index contributed by atoms with van der Waals surface area (Å²) in [5, 5.41) is 7.31. The molecule has 0 aliphatic carbocycles. The molecule has 0 radical (unpaired) electrons. The predicted octanol–water partition coefficient (Wildman–Crippen LogP) is 2.01. The van der Waals surface area contributed by atoms with E-state index >= 15 is 0 Å². The first-order valence-electron chi connectivity index (χ1n) is 11.2. The monoisotopic (exact) mass is 423 g/mol. The molecule has 7 nitrogen and oxygen atoms in total. The van der Waals surface area contributed by atoms with Crippen LogP contribution in [0.4, 0.5) is 0 Å². The Morgan fingerprint density at radius 1 is 1.16 bits per heavy atom. The third kappa shape index (κ3) is 4.98. The molecule has 2 aromatic rings. The molecule has 2 amide bonds. The first-order valence-corrected chi connectivity index (χ1v) is 11.2. The molecule has 1 unspecified atom stereocenters. The van der Waals surface area contributed by atoms with Crippen molar-refractivity contribution in [1.29, 1.82) is 0 Å². The fraction of sp³-hybridized carbons (Fsp3) is 0.542. The zero-order valence-corrected chi connectivity index (χ0v) is 18.5. The molecule has 1 aromatic carbocycles. The van der Waals surface area contributed by atoms with Crippen LogP contribution in [0.1, 0.15) is 25.8 Å². The van der Waals surface area contributed by atoms with Crippen molar-refractivity contribution in [2.24, 2.45) is 17.3 Å². The number of likely N-dealkylation sites (tertiary alicyclic amines) is 2. The van der Waals surface area contributed by atoms with Crippen LogP contribution in [-0.2, 0) is 22.7 Å². The highest BCUT2D eigenvalue weighted by molar-refractivity contribution is 5.82. The number of amides is 2. The zero-order chi connectivity index (χ0) is 21.8. The lowest BCUT2D eigenvalue weighted by atomic mass is 9.71. The van der Waals surface area contributed by atoms with Gasteiger partial charge in [-0.3, -0.25) is 19.2 Å². The second-order valence-corrected chi connectivity index (χ2v) is 9.48. The van der Waals surface area contributed by atoms with Crippen molar-refractivity contribution in [2.75, 3.05) is 32.7 Å². The lowest BCUT2D eigenvalue weighted by Crippen LogP contribution is -2.64. The summed E-state index contributed by atoms with van der Waals surface area (Å²) in [6.45, 7) is 9.25. The topological polar surface area (TPSA) is 70.5 Å². The minimum atomic E-state index is -0.142. The molecular formula is C24H33N5O2. The number of aromatic nitrogens is 2. The quantitative estimate of drug-likeness (QED) is 0.705. The van der Waals surface area contributed by atoms with Crippen molar-refractivity contribution in [3.05, 3.63) is 54.4 Å². The molecular weight excluding hydrogens is 390 g/mol. The predicted molar refractivity (Wildman–Crippen MR) is 119 cm³/mol. The van der Waals surface area contributed by atoms with Crippen LogP contribution in [0.3, 0.4) is 0 Å². The number of aryl methyl sites for hydroxylation is 1. The number of carbonyl (C=O) groups excluding carboxylic acids is 2.